The predicted molar refractivity (Wildman–Crippen MR) is 66.9 cm³/mol. The van der Waals surface area contributed by atoms with E-state index in [1.807, 2.05) is 11.6 Å². The maximum Gasteiger partial charge on any atom is 0.0931 e. The van der Waals surface area contributed by atoms with E-state index in [-0.39, 0.29) is 0 Å². The Morgan fingerprint density at radius 3 is 3.00 bits per heavy atom. The van der Waals surface area contributed by atoms with Gasteiger partial charge in [0.25, 0.3) is 0 Å². The molecule has 2 aromatic rings. The van der Waals surface area contributed by atoms with E-state index in [0.29, 0.717) is 0 Å². The van der Waals surface area contributed by atoms with Crippen molar-refractivity contribution in [3.8, 4) is 0 Å². The summed E-state index contributed by atoms with van der Waals surface area (Å²) in [4.78, 5) is 5.53. The second-order valence-electron chi connectivity index (χ2n) is 3.11. The molecule has 0 aliphatic heterocycles. The number of thiophene rings is 1. The topological polar surface area (TPSA) is 24.9 Å². The lowest BCUT2D eigenvalue weighted by Crippen LogP contribution is -2.16. The van der Waals surface area contributed by atoms with Gasteiger partial charge in [-0.25, -0.2) is 4.98 Å². The van der Waals surface area contributed by atoms with Gasteiger partial charge in [-0.1, -0.05) is 11.6 Å². The molecule has 0 saturated heterocycles. The minimum Gasteiger partial charge on any atom is -0.311 e. The molecule has 0 aromatic carbocycles. The summed E-state index contributed by atoms with van der Waals surface area (Å²) >= 11 is 9.12. The van der Waals surface area contributed by atoms with Crippen molar-refractivity contribution in [2.24, 2.45) is 0 Å². The van der Waals surface area contributed by atoms with Gasteiger partial charge >= 0.3 is 0 Å². The molecule has 15 heavy (non-hydrogen) atoms. The molecule has 5 heteroatoms. The molecule has 0 bridgehead atoms. The Morgan fingerprint density at radius 2 is 2.33 bits per heavy atom. The summed E-state index contributed by atoms with van der Waals surface area (Å²) < 4.78 is 0.865. The zero-order valence-electron chi connectivity index (χ0n) is 8.07. The Balaban J connectivity index is 1.67. The Hall–Kier alpha value is -0.420. The third kappa shape index (κ3) is 3.57. The first-order valence-corrected chi connectivity index (χ1v) is 6.80. The van der Waals surface area contributed by atoms with E-state index in [1.54, 1.807) is 22.7 Å². The molecule has 0 spiro atoms. The van der Waals surface area contributed by atoms with Gasteiger partial charge in [0.1, 0.15) is 0 Å². The van der Waals surface area contributed by atoms with E-state index >= 15 is 0 Å². The number of hydrogen-bond acceptors (Lipinski definition) is 4. The van der Waals surface area contributed by atoms with Crippen LogP contribution in [0, 0.1) is 0 Å². The molecule has 0 aliphatic rings. The third-order valence-electron chi connectivity index (χ3n) is 1.97. The van der Waals surface area contributed by atoms with E-state index in [4.69, 9.17) is 11.6 Å². The summed E-state index contributed by atoms with van der Waals surface area (Å²) in [6.07, 6.45) is 1.03. The molecule has 2 heterocycles. The second kappa shape index (κ2) is 5.61. The minimum atomic E-state index is 0.850. The van der Waals surface area contributed by atoms with Crippen molar-refractivity contribution >= 4 is 34.3 Å². The lowest BCUT2D eigenvalue weighted by atomic mass is 10.3. The highest BCUT2D eigenvalue weighted by Crippen LogP contribution is 2.21. The van der Waals surface area contributed by atoms with E-state index in [1.165, 1.54) is 4.88 Å². The third-order valence-corrected chi connectivity index (χ3v) is 3.89. The number of rotatable bonds is 5. The van der Waals surface area contributed by atoms with Crippen LogP contribution in [0.25, 0.3) is 0 Å². The molecule has 2 nitrogen and oxygen atoms in total. The number of nitrogens with zero attached hydrogens (tertiary/aromatic N) is 1. The smallest absolute Gasteiger partial charge is 0.0931 e. The van der Waals surface area contributed by atoms with Gasteiger partial charge in [0.05, 0.1) is 15.5 Å². The SMILES string of the molecule is Clc1ccc(CCNCc2cscn2)s1. The van der Waals surface area contributed by atoms with Gasteiger partial charge < -0.3 is 5.32 Å². The van der Waals surface area contributed by atoms with Gasteiger partial charge in [-0.05, 0) is 18.6 Å². The first-order valence-electron chi connectivity index (χ1n) is 4.66. The number of thiazole rings is 1. The fraction of sp³-hybridized carbons (Fsp3) is 0.300. The zero-order valence-corrected chi connectivity index (χ0v) is 10.5. The van der Waals surface area contributed by atoms with Crippen LogP contribution >= 0.6 is 34.3 Å². The molecule has 80 valence electrons. The molecule has 2 rings (SSSR count). The molecule has 0 amide bonds. The number of halogens is 1. The average Bonchev–Trinajstić information content (AvgIpc) is 2.84. The van der Waals surface area contributed by atoms with Crippen molar-refractivity contribution in [2.45, 2.75) is 13.0 Å². The molecule has 0 fully saturated rings. The maximum absolute atomic E-state index is 5.84. The van der Waals surface area contributed by atoms with Crippen LogP contribution in [0.3, 0.4) is 0 Å². The first-order chi connectivity index (χ1) is 7.34. The van der Waals surface area contributed by atoms with Crippen LogP contribution in [0.2, 0.25) is 4.34 Å². The summed E-state index contributed by atoms with van der Waals surface area (Å²) in [6, 6.07) is 4.03. The van der Waals surface area contributed by atoms with Crippen molar-refractivity contribution in [1.29, 1.82) is 0 Å². The van der Waals surface area contributed by atoms with E-state index in [9.17, 15) is 0 Å². The Labute approximate surface area is 102 Å². The lowest BCUT2D eigenvalue weighted by molar-refractivity contribution is 0.681. The summed E-state index contributed by atoms with van der Waals surface area (Å²) in [7, 11) is 0. The normalized spacial score (nSPS) is 10.7. The Kier molecular flexibility index (Phi) is 4.14. The van der Waals surface area contributed by atoms with Crippen molar-refractivity contribution in [3.63, 3.8) is 0 Å². The number of nitrogens with one attached hydrogen (secondary N) is 1. The molecule has 0 radical (unpaired) electrons. The molecule has 2 aromatic heterocycles. The van der Waals surface area contributed by atoms with Gasteiger partial charge in [0.15, 0.2) is 0 Å². The summed E-state index contributed by atoms with van der Waals surface area (Å²) in [5.74, 6) is 0. The molecule has 0 aliphatic carbocycles. The van der Waals surface area contributed by atoms with E-state index < -0.39 is 0 Å². The summed E-state index contributed by atoms with van der Waals surface area (Å²) in [5, 5.41) is 5.42. The quantitative estimate of drug-likeness (QED) is 0.834. The van der Waals surface area contributed by atoms with Crippen molar-refractivity contribution in [3.05, 3.63) is 37.9 Å². The first kappa shape index (κ1) is 11.1. The molecular formula is C10H11ClN2S2. The lowest BCUT2D eigenvalue weighted by Gasteiger charge is -2.00. The van der Waals surface area contributed by atoms with Crippen molar-refractivity contribution < 1.29 is 0 Å². The van der Waals surface area contributed by atoms with Crippen LogP contribution in [0.1, 0.15) is 10.6 Å². The summed E-state index contributed by atoms with van der Waals surface area (Å²) in [5.41, 5.74) is 2.97. The van der Waals surface area contributed by atoms with Crippen LogP contribution in [-0.2, 0) is 13.0 Å². The van der Waals surface area contributed by atoms with Crippen LogP contribution in [0.5, 0.6) is 0 Å². The largest absolute Gasteiger partial charge is 0.311 e. The number of aromatic nitrogens is 1. The van der Waals surface area contributed by atoms with E-state index in [0.717, 1.165) is 29.5 Å². The second-order valence-corrected chi connectivity index (χ2v) is 5.63. The molecule has 0 saturated carbocycles. The fourth-order valence-corrected chi connectivity index (χ4v) is 2.88. The highest BCUT2D eigenvalue weighted by molar-refractivity contribution is 7.16. The molecule has 1 N–H and O–H groups in total. The highest BCUT2D eigenvalue weighted by atomic mass is 35.5. The van der Waals surface area contributed by atoms with Crippen LogP contribution in [0.4, 0.5) is 0 Å². The molecule has 0 atom stereocenters. The van der Waals surface area contributed by atoms with Crippen molar-refractivity contribution in [2.75, 3.05) is 6.54 Å². The molecule has 0 unspecified atom stereocenters. The van der Waals surface area contributed by atoms with E-state index in [2.05, 4.69) is 21.7 Å². The summed E-state index contributed by atoms with van der Waals surface area (Å²) in [6.45, 7) is 1.82. The zero-order chi connectivity index (χ0) is 10.5. The monoisotopic (exact) mass is 258 g/mol. The standard InChI is InChI=1S/C10H11ClN2S2/c11-10-2-1-9(15-10)3-4-12-5-8-6-14-7-13-8/h1-2,6-7,12H,3-5H2. The van der Waals surface area contributed by atoms with Gasteiger partial charge in [0.2, 0.25) is 0 Å². The van der Waals surface area contributed by atoms with Gasteiger partial charge in [-0.15, -0.1) is 22.7 Å². The number of hydrogen-bond donors (Lipinski definition) is 1. The van der Waals surface area contributed by atoms with Crippen LogP contribution in [-0.4, -0.2) is 11.5 Å². The van der Waals surface area contributed by atoms with Gasteiger partial charge in [0, 0.05) is 23.3 Å². The fourth-order valence-electron chi connectivity index (χ4n) is 1.24. The van der Waals surface area contributed by atoms with Gasteiger partial charge in [-0.3, -0.25) is 0 Å². The average molecular weight is 259 g/mol. The van der Waals surface area contributed by atoms with Gasteiger partial charge in [-0.2, -0.15) is 0 Å². The minimum absolute atomic E-state index is 0.850. The predicted octanol–water partition coefficient (Wildman–Crippen LogP) is 3.19. The Bertz CT molecular complexity index is 397. The molecular weight excluding hydrogens is 248 g/mol. The van der Waals surface area contributed by atoms with Crippen LogP contribution in [0.15, 0.2) is 23.0 Å². The van der Waals surface area contributed by atoms with Crippen molar-refractivity contribution in [1.82, 2.24) is 10.3 Å². The Morgan fingerprint density at radius 1 is 1.40 bits per heavy atom. The van der Waals surface area contributed by atoms with Crippen LogP contribution < -0.4 is 5.32 Å². The highest BCUT2D eigenvalue weighted by Gasteiger charge is 1.98. The maximum atomic E-state index is 5.84.